The van der Waals surface area contributed by atoms with Crippen molar-refractivity contribution in [3.8, 4) is 5.75 Å². The van der Waals surface area contributed by atoms with Crippen LogP contribution in [0.3, 0.4) is 0 Å². The molecule has 2 aromatic rings. The van der Waals surface area contributed by atoms with Gasteiger partial charge in [0.1, 0.15) is 5.75 Å². The number of ether oxygens (including phenoxy) is 1. The number of amidine groups is 1. The number of carbonyl (C=O) groups is 1. The number of aliphatic imine (C=N–C) groups is 1. The number of benzene rings is 2. The minimum atomic E-state index is 0.0310. The van der Waals surface area contributed by atoms with E-state index < -0.39 is 0 Å². The lowest BCUT2D eigenvalue weighted by molar-refractivity contribution is -0.117. The van der Waals surface area contributed by atoms with Gasteiger partial charge in [-0.05, 0) is 55.3 Å². The molecule has 0 aromatic heterocycles. The molecule has 0 spiro atoms. The van der Waals surface area contributed by atoms with E-state index in [1.54, 1.807) is 35.9 Å². The van der Waals surface area contributed by atoms with Gasteiger partial charge in [0.25, 0.3) is 0 Å². The van der Waals surface area contributed by atoms with Crippen molar-refractivity contribution in [2.75, 3.05) is 17.8 Å². The van der Waals surface area contributed by atoms with Crippen LogP contribution in [0, 0.1) is 0 Å². The molecule has 26 heavy (non-hydrogen) atoms. The van der Waals surface area contributed by atoms with Gasteiger partial charge >= 0.3 is 0 Å². The zero-order chi connectivity index (χ0) is 18.5. The fourth-order valence-electron chi connectivity index (χ4n) is 2.69. The van der Waals surface area contributed by atoms with E-state index in [0.29, 0.717) is 17.9 Å². The Balaban J connectivity index is 1.76. The van der Waals surface area contributed by atoms with Gasteiger partial charge in [-0.1, -0.05) is 35.5 Å². The third kappa shape index (κ3) is 4.59. The van der Waals surface area contributed by atoms with Crippen molar-refractivity contribution in [1.29, 1.82) is 0 Å². The molecular weight excluding hydrogens is 368 g/mol. The molecule has 1 atom stereocenters. The molecule has 4 nitrogen and oxygen atoms in total. The first-order valence-corrected chi connectivity index (χ1v) is 9.85. The molecule has 136 valence electrons. The van der Waals surface area contributed by atoms with Gasteiger partial charge in [0.2, 0.25) is 5.91 Å². The van der Waals surface area contributed by atoms with E-state index in [9.17, 15) is 4.79 Å². The molecule has 1 aliphatic heterocycles. The Morgan fingerprint density at radius 2 is 1.92 bits per heavy atom. The summed E-state index contributed by atoms with van der Waals surface area (Å²) in [6.45, 7) is 2.06. The smallest absolute Gasteiger partial charge is 0.233 e. The van der Waals surface area contributed by atoms with Crippen LogP contribution in [0.5, 0.6) is 5.75 Å². The summed E-state index contributed by atoms with van der Waals surface area (Å²) in [5, 5.41) is 1.41. The van der Waals surface area contributed by atoms with Crippen LogP contribution in [0.1, 0.15) is 18.9 Å². The number of amides is 1. The number of hydrogen-bond acceptors (Lipinski definition) is 4. The van der Waals surface area contributed by atoms with E-state index in [1.165, 1.54) is 0 Å². The van der Waals surface area contributed by atoms with E-state index in [-0.39, 0.29) is 11.9 Å². The van der Waals surface area contributed by atoms with Crippen molar-refractivity contribution >= 4 is 40.1 Å². The number of carbonyl (C=O) groups excluding carboxylic acids is 1. The summed E-state index contributed by atoms with van der Waals surface area (Å²) < 4.78 is 5.17. The van der Waals surface area contributed by atoms with Crippen molar-refractivity contribution in [3.63, 3.8) is 0 Å². The molecule has 1 amide bonds. The summed E-state index contributed by atoms with van der Waals surface area (Å²) in [6, 6.07) is 15.3. The molecule has 0 aliphatic carbocycles. The minimum Gasteiger partial charge on any atom is -0.497 e. The second-order valence-electron chi connectivity index (χ2n) is 6.13. The largest absolute Gasteiger partial charge is 0.497 e. The Morgan fingerprint density at radius 3 is 2.50 bits per heavy atom. The molecule has 0 unspecified atom stereocenters. The second-order valence-corrected chi connectivity index (χ2v) is 7.55. The summed E-state index contributed by atoms with van der Waals surface area (Å²) in [6.07, 6.45) is 1.07. The second kappa shape index (κ2) is 8.60. The highest BCUT2D eigenvalue weighted by Crippen LogP contribution is 2.27. The van der Waals surface area contributed by atoms with E-state index >= 15 is 0 Å². The van der Waals surface area contributed by atoms with Crippen LogP contribution in [0.25, 0.3) is 0 Å². The topological polar surface area (TPSA) is 41.9 Å². The van der Waals surface area contributed by atoms with Crippen molar-refractivity contribution in [1.82, 2.24) is 0 Å². The number of hydrogen-bond donors (Lipinski definition) is 0. The van der Waals surface area contributed by atoms with Crippen molar-refractivity contribution in [2.24, 2.45) is 4.99 Å². The van der Waals surface area contributed by atoms with Gasteiger partial charge in [-0.2, -0.15) is 0 Å². The van der Waals surface area contributed by atoms with E-state index in [2.05, 4.69) is 11.9 Å². The molecule has 6 heteroatoms. The summed E-state index contributed by atoms with van der Waals surface area (Å²) in [5.41, 5.74) is 1.90. The lowest BCUT2D eigenvalue weighted by atomic mass is 10.1. The predicted molar refractivity (Wildman–Crippen MR) is 110 cm³/mol. The lowest BCUT2D eigenvalue weighted by Crippen LogP contribution is -2.34. The Morgan fingerprint density at radius 1 is 1.23 bits per heavy atom. The summed E-state index contributed by atoms with van der Waals surface area (Å²) in [5.74, 6) is 1.74. The fourth-order valence-corrected chi connectivity index (χ4v) is 3.87. The number of aryl methyl sites for hydroxylation is 1. The van der Waals surface area contributed by atoms with Crippen LogP contribution >= 0.6 is 23.4 Å². The Hall–Kier alpha value is -1.98. The number of anilines is 1. The molecule has 0 saturated heterocycles. The SMILES string of the molecule is COc1ccc(CCC(=O)N(C2=N[C@@H](C)CS2)c2ccc(Cl)cc2)cc1. The standard InChI is InChI=1S/C20H21ClN2O2S/c1-14-13-26-20(22-14)23(17-8-6-16(21)7-9-17)19(24)12-5-15-3-10-18(25-2)11-4-15/h3-4,6-11,14H,5,12-13H2,1-2H3/t14-/m0/s1. The summed E-state index contributed by atoms with van der Waals surface area (Å²) >= 11 is 7.61. The van der Waals surface area contributed by atoms with Crippen LogP contribution in [0.15, 0.2) is 53.5 Å². The molecule has 0 bridgehead atoms. The maximum atomic E-state index is 13.0. The van der Waals surface area contributed by atoms with E-state index in [0.717, 1.165) is 27.9 Å². The molecule has 2 aromatic carbocycles. The first kappa shape index (κ1) is 18.8. The van der Waals surface area contributed by atoms with Crippen LogP contribution < -0.4 is 9.64 Å². The highest BCUT2D eigenvalue weighted by molar-refractivity contribution is 8.14. The molecule has 0 radical (unpaired) electrons. The number of methoxy groups -OCH3 is 1. The predicted octanol–water partition coefficient (Wildman–Crippen LogP) is 4.81. The maximum Gasteiger partial charge on any atom is 0.233 e. The first-order valence-electron chi connectivity index (χ1n) is 8.49. The van der Waals surface area contributed by atoms with Gasteiger partial charge in [0.05, 0.1) is 18.8 Å². The van der Waals surface area contributed by atoms with E-state index in [1.807, 2.05) is 36.4 Å². The van der Waals surface area contributed by atoms with E-state index in [4.69, 9.17) is 16.3 Å². The molecule has 0 N–H and O–H groups in total. The minimum absolute atomic E-state index is 0.0310. The fraction of sp³-hybridized carbons (Fsp3) is 0.300. The third-order valence-corrected chi connectivity index (χ3v) is 5.54. The molecule has 0 fully saturated rings. The highest BCUT2D eigenvalue weighted by Gasteiger charge is 2.26. The molecule has 3 rings (SSSR count). The van der Waals surface area contributed by atoms with Crippen molar-refractivity contribution < 1.29 is 9.53 Å². The third-order valence-electron chi connectivity index (χ3n) is 4.10. The zero-order valence-corrected chi connectivity index (χ0v) is 16.4. The highest BCUT2D eigenvalue weighted by atomic mass is 35.5. The van der Waals surface area contributed by atoms with Gasteiger partial charge in [0, 0.05) is 17.2 Å². The van der Waals surface area contributed by atoms with Gasteiger partial charge in [0.15, 0.2) is 5.17 Å². The maximum absolute atomic E-state index is 13.0. The van der Waals surface area contributed by atoms with Crippen LogP contribution in [-0.2, 0) is 11.2 Å². The molecule has 1 heterocycles. The van der Waals surface area contributed by atoms with Gasteiger partial charge in [-0.25, -0.2) is 0 Å². The number of rotatable bonds is 5. The Labute approximate surface area is 163 Å². The van der Waals surface area contributed by atoms with Crippen molar-refractivity contribution in [2.45, 2.75) is 25.8 Å². The summed E-state index contributed by atoms with van der Waals surface area (Å²) in [4.78, 5) is 19.3. The molecule has 0 saturated carbocycles. The van der Waals surface area contributed by atoms with Crippen LogP contribution in [0.2, 0.25) is 5.02 Å². The monoisotopic (exact) mass is 388 g/mol. The van der Waals surface area contributed by atoms with Gasteiger partial charge < -0.3 is 4.74 Å². The average Bonchev–Trinajstić information content (AvgIpc) is 3.08. The van der Waals surface area contributed by atoms with Crippen LogP contribution in [-0.4, -0.2) is 30.0 Å². The number of thioether (sulfide) groups is 1. The van der Waals surface area contributed by atoms with Crippen LogP contribution in [0.4, 0.5) is 5.69 Å². The van der Waals surface area contributed by atoms with Gasteiger partial charge in [-0.3, -0.25) is 14.7 Å². The average molecular weight is 389 g/mol. The molecule has 1 aliphatic rings. The normalized spacial score (nSPS) is 16.3. The lowest BCUT2D eigenvalue weighted by Gasteiger charge is -2.22. The zero-order valence-electron chi connectivity index (χ0n) is 14.8. The van der Waals surface area contributed by atoms with Gasteiger partial charge in [-0.15, -0.1) is 0 Å². The molecular formula is C20H21ClN2O2S. The summed E-state index contributed by atoms with van der Waals surface area (Å²) in [7, 11) is 1.64. The quantitative estimate of drug-likeness (QED) is 0.738. The Bertz CT molecular complexity index is 790. The first-order chi connectivity index (χ1) is 12.6. The number of nitrogens with zero attached hydrogens (tertiary/aromatic N) is 2. The van der Waals surface area contributed by atoms with Crippen molar-refractivity contribution in [3.05, 3.63) is 59.1 Å². The Kier molecular flexibility index (Phi) is 6.22. The number of halogens is 1.